The zero-order chi connectivity index (χ0) is 14.2. The van der Waals surface area contributed by atoms with Crippen molar-refractivity contribution in [1.29, 1.82) is 0 Å². The first kappa shape index (κ1) is 12.0. The number of carbonyl (C=O) groups is 1. The number of nitrogens with zero attached hydrogens (tertiary/aromatic N) is 2. The lowest BCUT2D eigenvalue weighted by Gasteiger charge is -2.55. The largest absolute Gasteiger partial charge is 0.292 e. The molecule has 108 valence electrons. The van der Waals surface area contributed by atoms with E-state index in [1.807, 2.05) is 0 Å². The van der Waals surface area contributed by atoms with Crippen LogP contribution in [0.3, 0.4) is 0 Å². The van der Waals surface area contributed by atoms with Crippen molar-refractivity contribution in [2.24, 2.45) is 5.92 Å². The molecule has 0 amide bonds. The lowest BCUT2D eigenvalue weighted by atomic mass is 9.69. The minimum Gasteiger partial charge on any atom is -0.292 e. The number of piperidine rings is 1. The van der Waals surface area contributed by atoms with E-state index in [1.165, 1.54) is 36.0 Å². The van der Waals surface area contributed by atoms with E-state index < -0.39 is 0 Å². The molecule has 1 fully saturated rings. The number of para-hydroxylation sites is 1. The van der Waals surface area contributed by atoms with Gasteiger partial charge in [-0.2, -0.15) is 0 Å². The highest BCUT2D eigenvalue weighted by Crippen LogP contribution is 2.52. The standard InChI is InChI=1S/C18H20N2O/c1-18-12-5-4-9-19(18)10-8-14-13-6-2-3-7-15(13)20(17(14)18)16(21)11-12/h2-3,6-7,12H,4-5,8-11H2,1H3/t12-,18+/m0/s1. The van der Waals surface area contributed by atoms with Crippen molar-refractivity contribution < 1.29 is 4.79 Å². The van der Waals surface area contributed by atoms with Gasteiger partial charge in [0.25, 0.3) is 0 Å². The van der Waals surface area contributed by atoms with E-state index in [9.17, 15) is 4.79 Å². The molecule has 3 aliphatic rings. The van der Waals surface area contributed by atoms with Crippen LogP contribution in [0, 0.1) is 5.92 Å². The summed E-state index contributed by atoms with van der Waals surface area (Å²) in [6, 6.07) is 8.46. The van der Waals surface area contributed by atoms with Gasteiger partial charge in [-0.15, -0.1) is 0 Å². The monoisotopic (exact) mass is 280 g/mol. The van der Waals surface area contributed by atoms with E-state index >= 15 is 0 Å². The van der Waals surface area contributed by atoms with Crippen molar-refractivity contribution in [2.45, 2.75) is 38.1 Å². The van der Waals surface area contributed by atoms with Crippen molar-refractivity contribution in [3.8, 4) is 0 Å². The lowest BCUT2D eigenvalue weighted by molar-refractivity contribution is -0.0212. The summed E-state index contributed by atoms with van der Waals surface area (Å²) in [4.78, 5) is 15.4. The molecular weight excluding hydrogens is 260 g/mol. The molecule has 0 unspecified atom stereocenters. The number of rotatable bonds is 0. The van der Waals surface area contributed by atoms with Gasteiger partial charge < -0.3 is 0 Å². The lowest BCUT2D eigenvalue weighted by Crippen LogP contribution is -2.59. The third-order valence-corrected chi connectivity index (χ3v) is 6.19. The third kappa shape index (κ3) is 1.27. The smallest absolute Gasteiger partial charge is 0.231 e. The van der Waals surface area contributed by atoms with Crippen LogP contribution in [0.1, 0.15) is 42.2 Å². The molecule has 2 atom stereocenters. The average molecular weight is 280 g/mol. The summed E-state index contributed by atoms with van der Waals surface area (Å²) in [6.45, 7) is 4.71. The van der Waals surface area contributed by atoms with E-state index in [2.05, 4.69) is 40.7 Å². The number of carbonyl (C=O) groups excluding carboxylic acids is 1. The zero-order valence-electron chi connectivity index (χ0n) is 12.4. The Balaban J connectivity index is 1.93. The first-order valence-electron chi connectivity index (χ1n) is 8.12. The second kappa shape index (κ2) is 3.77. The van der Waals surface area contributed by atoms with Gasteiger partial charge in [0.1, 0.15) is 0 Å². The Bertz CT molecular complexity index is 775. The minimum atomic E-state index is 0.0682. The average Bonchev–Trinajstić information content (AvgIpc) is 2.83. The Morgan fingerprint density at radius 2 is 2.10 bits per heavy atom. The Hall–Kier alpha value is -1.61. The summed E-state index contributed by atoms with van der Waals surface area (Å²) in [5.74, 6) is 0.799. The maximum atomic E-state index is 12.8. The molecule has 0 aliphatic carbocycles. The maximum Gasteiger partial charge on any atom is 0.231 e. The number of benzene rings is 1. The highest BCUT2D eigenvalue weighted by molar-refractivity contribution is 5.97. The van der Waals surface area contributed by atoms with Crippen molar-refractivity contribution in [3.63, 3.8) is 0 Å². The van der Waals surface area contributed by atoms with Gasteiger partial charge in [0.05, 0.1) is 16.7 Å². The predicted octanol–water partition coefficient (Wildman–Crippen LogP) is 3.17. The molecule has 3 heteroatoms. The van der Waals surface area contributed by atoms with E-state index in [4.69, 9.17) is 0 Å². The van der Waals surface area contributed by atoms with Crippen LogP contribution in [-0.2, 0) is 12.0 Å². The van der Waals surface area contributed by atoms with Crippen molar-refractivity contribution in [3.05, 3.63) is 35.5 Å². The zero-order valence-corrected chi connectivity index (χ0v) is 12.4. The third-order valence-electron chi connectivity index (χ3n) is 6.19. The van der Waals surface area contributed by atoms with Gasteiger partial charge in [-0.1, -0.05) is 18.2 Å². The maximum absolute atomic E-state index is 12.8. The van der Waals surface area contributed by atoms with E-state index in [0.717, 1.165) is 18.5 Å². The summed E-state index contributed by atoms with van der Waals surface area (Å²) in [5, 5.41) is 1.30. The van der Waals surface area contributed by atoms with E-state index in [0.29, 0.717) is 18.2 Å². The summed E-state index contributed by atoms with van der Waals surface area (Å²) in [5.41, 5.74) is 3.94. The summed E-state index contributed by atoms with van der Waals surface area (Å²) < 4.78 is 2.05. The Morgan fingerprint density at radius 3 is 3.00 bits per heavy atom. The number of hydrogen-bond donors (Lipinski definition) is 0. The molecule has 3 aliphatic heterocycles. The van der Waals surface area contributed by atoms with Crippen LogP contribution in [-0.4, -0.2) is 28.5 Å². The molecule has 4 heterocycles. The molecular formula is C18H20N2O. The van der Waals surface area contributed by atoms with Crippen molar-refractivity contribution in [2.75, 3.05) is 13.1 Å². The first-order chi connectivity index (χ1) is 10.2. The van der Waals surface area contributed by atoms with Gasteiger partial charge in [0, 0.05) is 18.4 Å². The van der Waals surface area contributed by atoms with Gasteiger partial charge >= 0.3 is 0 Å². The molecule has 0 radical (unpaired) electrons. The topological polar surface area (TPSA) is 25.2 Å². The fourth-order valence-corrected chi connectivity index (χ4v) is 5.19. The Labute approximate surface area is 124 Å². The molecule has 1 aromatic carbocycles. The van der Waals surface area contributed by atoms with Crippen molar-refractivity contribution in [1.82, 2.24) is 9.47 Å². The normalized spacial score (nSPS) is 31.5. The molecule has 0 N–H and O–H groups in total. The molecule has 2 aromatic rings. The first-order valence-corrected chi connectivity index (χ1v) is 8.12. The van der Waals surface area contributed by atoms with Crippen LogP contribution in [0.25, 0.3) is 10.9 Å². The number of hydrogen-bond acceptors (Lipinski definition) is 2. The molecule has 21 heavy (non-hydrogen) atoms. The second-order valence-corrected chi connectivity index (χ2v) is 7.00. The molecule has 5 rings (SSSR count). The van der Waals surface area contributed by atoms with Gasteiger partial charge in [-0.3, -0.25) is 14.3 Å². The Morgan fingerprint density at radius 1 is 1.24 bits per heavy atom. The summed E-state index contributed by atoms with van der Waals surface area (Å²) in [7, 11) is 0. The van der Waals surface area contributed by atoms with Crippen LogP contribution in [0.15, 0.2) is 24.3 Å². The second-order valence-electron chi connectivity index (χ2n) is 7.00. The number of aromatic nitrogens is 1. The molecule has 1 aromatic heterocycles. The van der Waals surface area contributed by atoms with Gasteiger partial charge in [-0.05, 0) is 50.3 Å². The van der Waals surface area contributed by atoms with Gasteiger partial charge in [0.15, 0.2) is 0 Å². The van der Waals surface area contributed by atoms with Crippen LogP contribution in [0.4, 0.5) is 0 Å². The molecule has 1 saturated heterocycles. The van der Waals surface area contributed by atoms with Crippen molar-refractivity contribution >= 4 is 16.8 Å². The van der Waals surface area contributed by atoms with E-state index in [-0.39, 0.29) is 5.54 Å². The molecule has 0 bridgehead atoms. The molecule has 0 saturated carbocycles. The van der Waals surface area contributed by atoms with Crippen LogP contribution in [0.2, 0.25) is 0 Å². The molecule has 3 nitrogen and oxygen atoms in total. The molecule has 0 spiro atoms. The van der Waals surface area contributed by atoms with Crippen LogP contribution < -0.4 is 0 Å². The minimum absolute atomic E-state index is 0.0682. The Kier molecular flexibility index (Phi) is 2.15. The van der Waals surface area contributed by atoms with Crippen LogP contribution >= 0.6 is 0 Å². The fourth-order valence-electron chi connectivity index (χ4n) is 5.19. The van der Waals surface area contributed by atoms with Gasteiger partial charge in [-0.25, -0.2) is 0 Å². The predicted molar refractivity (Wildman–Crippen MR) is 82.5 cm³/mol. The summed E-state index contributed by atoms with van der Waals surface area (Å²) in [6.07, 6.45) is 4.22. The fraction of sp³-hybridized carbons (Fsp3) is 0.500. The van der Waals surface area contributed by atoms with E-state index in [1.54, 1.807) is 0 Å². The van der Waals surface area contributed by atoms with Gasteiger partial charge in [0.2, 0.25) is 5.91 Å². The summed E-state index contributed by atoms with van der Waals surface area (Å²) >= 11 is 0. The highest BCUT2D eigenvalue weighted by atomic mass is 16.2. The highest BCUT2D eigenvalue weighted by Gasteiger charge is 2.53. The quantitative estimate of drug-likeness (QED) is 0.740. The SMILES string of the molecule is C[C@]12c3c4c5ccccc5n3C(=O)C[C@@H]1CCCN2CC4. The van der Waals surface area contributed by atoms with Crippen LogP contribution in [0.5, 0.6) is 0 Å². The number of fused-ring (bicyclic) bond motifs is 3.